The van der Waals surface area contributed by atoms with Gasteiger partial charge >= 0.3 is 39.5 Å². The maximum Gasteiger partial charge on any atom is 0.472 e. The second kappa shape index (κ2) is 75.5. The number of aliphatic hydroxyl groups is 1. The van der Waals surface area contributed by atoms with Crippen LogP contribution in [0, 0.1) is 11.8 Å². The molecule has 6 atom stereocenters. The van der Waals surface area contributed by atoms with E-state index in [0.29, 0.717) is 25.7 Å². The molecule has 0 amide bonds. The maximum atomic E-state index is 13.1. The Morgan fingerprint density at radius 2 is 0.495 bits per heavy atom. The van der Waals surface area contributed by atoms with Gasteiger partial charge in [-0.05, 0) is 37.5 Å². The molecule has 0 saturated heterocycles. The molecule has 0 aliphatic rings. The number of ether oxygens (including phenoxy) is 4. The van der Waals surface area contributed by atoms with Crippen molar-refractivity contribution in [3.63, 3.8) is 0 Å². The van der Waals surface area contributed by atoms with E-state index in [4.69, 9.17) is 37.0 Å². The van der Waals surface area contributed by atoms with E-state index in [1.807, 2.05) is 0 Å². The van der Waals surface area contributed by atoms with Crippen LogP contribution in [-0.4, -0.2) is 96.7 Å². The first kappa shape index (κ1) is 101. The summed E-state index contributed by atoms with van der Waals surface area (Å²) in [6.07, 6.45) is 66.7. The van der Waals surface area contributed by atoms with E-state index in [2.05, 4.69) is 41.5 Å². The van der Waals surface area contributed by atoms with Crippen molar-refractivity contribution >= 4 is 39.5 Å². The highest BCUT2D eigenvalue weighted by molar-refractivity contribution is 7.47. The molecule has 0 aromatic rings. The Kier molecular flexibility index (Phi) is 74.1. The van der Waals surface area contributed by atoms with Crippen LogP contribution in [0.3, 0.4) is 0 Å². The van der Waals surface area contributed by atoms with Gasteiger partial charge in [0.2, 0.25) is 0 Å². The lowest BCUT2D eigenvalue weighted by molar-refractivity contribution is -0.161. The number of carbonyl (C=O) groups is 4. The van der Waals surface area contributed by atoms with Crippen LogP contribution in [0.1, 0.15) is 446 Å². The minimum Gasteiger partial charge on any atom is -0.462 e. The standard InChI is InChI=1S/C84H164O17P2/c1-7-10-12-14-16-18-20-22-24-26-27-28-29-31-33-35-40-44-48-56-62-68-83(88)100-79(72-94-81(86)66-60-54-47-43-39-34-32-30-25-23-21-19-17-15-13-11-8-2)74-98-102(90,91)96-70-78(85)71-97-103(92,93)99-75-80(73-95-82(87)67-61-55-51-50-53-59-65-77(6)9-3)101-84(89)69-63-57-49-45-41-37-36-38-42-46-52-58-64-76(4)5/h76-80,85H,7-75H2,1-6H3,(H,90,91)(H,92,93)/t77?,78-,79-,80-/m1/s1. The first-order valence-electron chi connectivity index (χ1n) is 43.5. The van der Waals surface area contributed by atoms with Crippen LogP contribution in [0.15, 0.2) is 0 Å². The smallest absolute Gasteiger partial charge is 0.462 e. The topological polar surface area (TPSA) is 237 Å². The molecule has 0 aromatic carbocycles. The number of phosphoric ester groups is 2. The van der Waals surface area contributed by atoms with Gasteiger partial charge in [0, 0.05) is 25.7 Å². The third-order valence-electron chi connectivity index (χ3n) is 20.1. The van der Waals surface area contributed by atoms with Gasteiger partial charge in [-0.1, -0.05) is 395 Å². The fourth-order valence-electron chi connectivity index (χ4n) is 13.0. The van der Waals surface area contributed by atoms with E-state index in [0.717, 1.165) is 108 Å². The molecule has 103 heavy (non-hydrogen) atoms. The normalized spacial score (nSPS) is 14.1. The number of rotatable bonds is 83. The summed E-state index contributed by atoms with van der Waals surface area (Å²) in [4.78, 5) is 73.1. The Hall–Kier alpha value is -1.94. The highest BCUT2D eigenvalue weighted by atomic mass is 31.2. The Morgan fingerprint density at radius 3 is 0.738 bits per heavy atom. The van der Waals surface area contributed by atoms with Gasteiger partial charge in [-0.25, -0.2) is 9.13 Å². The predicted molar refractivity (Wildman–Crippen MR) is 423 cm³/mol. The average molecular weight is 1510 g/mol. The van der Waals surface area contributed by atoms with E-state index in [1.165, 1.54) is 257 Å². The lowest BCUT2D eigenvalue weighted by atomic mass is 10.00. The molecule has 19 heteroatoms. The highest BCUT2D eigenvalue weighted by Crippen LogP contribution is 2.45. The van der Waals surface area contributed by atoms with Crippen LogP contribution in [0.2, 0.25) is 0 Å². The fraction of sp³-hybridized carbons (Fsp3) is 0.952. The number of hydrogen-bond donors (Lipinski definition) is 3. The van der Waals surface area contributed by atoms with Crippen molar-refractivity contribution in [2.24, 2.45) is 11.8 Å². The molecular formula is C84H164O17P2. The number of aliphatic hydroxyl groups excluding tert-OH is 1. The molecule has 3 unspecified atom stereocenters. The summed E-state index contributed by atoms with van der Waals surface area (Å²) in [6, 6.07) is 0. The number of phosphoric acid groups is 2. The molecule has 0 bridgehead atoms. The maximum absolute atomic E-state index is 13.1. The second-order valence-electron chi connectivity index (χ2n) is 30.9. The molecule has 0 fully saturated rings. The fourth-order valence-corrected chi connectivity index (χ4v) is 14.6. The first-order valence-corrected chi connectivity index (χ1v) is 46.5. The van der Waals surface area contributed by atoms with Crippen molar-refractivity contribution in [3.8, 4) is 0 Å². The number of unbranched alkanes of at least 4 members (excludes halogenated alkanes) is 52. The lowest BCUT2D eigenvalue weighted by Gasteiger charge is -2.21. The Bertz CT molecular complexity index is 1980. The molecule has 612 valence electrons. The second-order valence-corrected chi connectivity index (χ2v) is 33.8. The number of hydrogen-bond acceptors (Lipinski definition) is 15. The largest absolute Gasteiger partial charge is 0.472 e. The van der Waals surface area contributed by atoms with Crippen molar-refractivity contribution in [2.75, 3.05) is 39.6 Å². The van der Waals surface area contributed by atoms with Crippen molar-refractivity contribution in [1.82, 2.24) is 0 Å². The van der Waals surface area contributed by atoms with Crippen LogP contribution in [0.5, 0.6) is 0 Å². The third kappa shape index (κ3) is 76.6. The Morgan fingerprint density at radius 1 is 0.282 bits per heavy atom. The van der Waals surface area contributed by atoms with Gasteiger partial charge in [0.25, 0.3) is 0 Å². The van der Waals surface area contributed by atoms with Gasteiger partial charge in [0.15, 0.2) is 12.2 Å². The first-order chi connectivity index (χ1) is 49.9. The molecule has 0 aliphatic carbocycles. The van der Waals surface area contributed by atoms with Gasteiger partial charge in [-0.15, -0.1) is 0 Å². The van der Waals surface area contributed by atoms with Gasteiger partial charge in [0.05, 0.1) is 26.4 Å². The molecule has 0 spiro atoms. The van der Waals surface area contributed by atoms with Gasteiger partial charge in [-0.3, -0.25) is 37.3 Å². The highest BCUT2D eigenvalue weighted by Gasteiger charge is 2.30. The summed E-state index contributed by atoms with van der Waals surface area (Å²) >= 11 is 0. The minimum absolute atomic E-state index is 0.106. The summed E-state index contributed by atoms with van der Waals surface area (Å²) in [5, 5.41) is 10.7. The zero-order valence-corrected chi connectivity index (χ0v) is 69.4. The van der Waals surface area contributed by atoms with Gasteiger partial charge in [-0.2, -0.15) is 0 Å². The molecule has 0 aromatic heterocycles. The van der Waals surface area contributed by atoms with Gasteiger partial charge in [0.1, 0.15) is 19.3 Å². The zero-order valence-electron chi connectivity index (χ0n) is 67.6. The molecule has 0 aliphatic heterocycles. The summed E-state index contributed by atoms with van der Waals surface area (Å²) in [6.45, 7) is 9.62. The summed E-state index contributed by atoms with van der Waals surface area (Å²) < 4.78 is 68.8. The molecule has 0 radical (unpaired) electrons. The molecule has 0 heterocycles. The van der Waals surface area contributed by atoms with Crippen LogP contribution in [0.25, 0.3) is 0 Å². The molecule has 17 nitrogen and oxygen atoms in total. The Balaban J connectivity index is 5.23. The van der Waals surface area contributed by atoms with E-state index in [1.54, 1.807) is 0 Å². The quantitative estimate of drug-likeness (QED) is 0.0222. The molecular weight excluding hydrogens is 1340 g/mol. The van der Waals surface area contributed by atoms with Gasteiger partial charge < -0.3 is 33.8 Å². The van der Waals surface area contributed by atoms with Crippen molar-refractivity contribution < 1.29 is 80.2 Å². The Labute approximate surface area is 632 Å². The summed E-state index contributed by atoms with van der Waals surface area (Å²) in [5.74, 6) is -0.599. The zero-order chi connectivity index (χ0) is 75.6. The SMILES string of the molecule is CCCCCCCCCCCCCCCCCCCCCCCC(=O)O[C@H](COC(=O)CCCCCCCCCCCCCCCCCCC)COP(=O)(O)OC[C@@H](O)COP(=O)(O)OC[C@@H](COC(=O)CCCCCCCCC(C)CC)OC(=O)CCCCCCCCCCCCCCC(C)C. The monoisotopic (exact) mass is 1510 g/mol. The van der Waals surface area contributed by atoms with Crippen LogP contribution < -0.4 is 0 Å². The molecule has 3 N–H and O–H groups in total. The number of carbonyl (C=O) groups excluding carboxylic acids is 4. The van der Waals surface area contributed by atoms with Crippen LogP contribution in [0.4, 0.5) is 0 Å². The van der Waals surface area contributed by atoms with Crippen LogP contribution in [-0.2, 0) is 65.4 Å². The predicted octanol–water partition coefficient (Wildman–Crippen LogP) is 25.5. The van der Waals surface area contributed by atoms with E-state index in [-0.39, 0.29) is 25.7 Å². The number of esters is 4. The lowest BCUT2D eigenvalue weighted by Crippen LogP contribution is -2.30. The van der Waals surface area contributed by atoms with Crippen molar-refractivity contribution in [3.05, 3.63) is 0 Å². The third-order valence-corrected chi connectivity index (χ3v) is 22.0. The van der Waals surface area contributed by atoms with E-state index < -0.39 is 97.5 Å². The van der Waals surface area contributed by atoms with Crippen molar-refractivity contribution in [2.45, 2.75) is 464 Å². The molecule has 0 rings (SSSR count). The summed E-state index contributed by atoms with van der Waals surface area (Å²) in [7, 11) is -9.92. The minimum atomic E-state index is -4.96. The van der Waals surface area contributed by atoms with Crippen molar-refractivity contribution in [1.29, 1.82) is 0 Å². The summed E-state index contributed by atoms with van der Waals surface area (Å²) in [5.41, 5.74) is 0. The molecule has 0 saturated carbocycles. The van der Waals surface area contributed by atoms with Crippen LogP contribution >= 0.6 is 15.6 Å². The average Bonchev–Trinajstić information content (AvgIpc) is 0.922. The van der Waals surface area contributed by atoms with E-state index in [9.17, 15) is 43.2 Å². The van der Waals surface area contributed by atoms with E-state index >= 15 is 0 Å².